The summed E-state index contributed by atoms with van der Waals surface area (Å²) in [6.07, 6.45) is 2.13. The Hall–Kier alpha value is -2.00. The maximum Gasteiger partial charge on any atom is 0.243 e. The molecule has 3 rings (SSSR count). The van der Waals surface area contributed by atoms with Gasteiger partial charge in [-0.3, -0.25) is 4.79 Å². The zero-order valence-corrected chi connectivity index (χ0v) is 15.2. The minimum Gasteiger partial charge on any atom is -0.359 e. The number of halogens is 1. The molecule has 0 unspecified atom stereocenters. The van der Waals surface area contributed by atoms with Gasteiger partial charge in [-0.1, -0.05) is 35.9 Å². The molecule has 126 valence electrons. The molecule has 0 aliphatic carbocycles. The van der Waals surface area contributed by atoms with Crippen LogP contribution in [0.3, 0.4) is 0 Å². The summed E-state index contributed by atoms with van der Waals surface area (Å²) in [7, 11) is 0. The number of carbonyl (C=O) groups is 1. The van der Waals surface area contributed by atoms with Crippen molar-refractivity contribution in [2.24, 2.45) is 0 Å². The van der Waals surface area contributed by atoms with Gasteiger partial charge in [0, 0.05) is 11.7 Å². The van der Waals surface area contributed by atoms with E-state index in [-0.39, 0.29) is 5.91 Å². The Morgan fingerprint density at radius 3 is 2.79 bits per heavy atom. The third-order valence-electron chi connectivity index (χ3n) is 4.67. The average molecular weight is 343 g/mol. The van der Waals surface area contributed by atoms with Crippen LogP contribution in [-0.4, -0.2) is 18.5 Å². The first-order chi connectivity index (χ1) is 11.5. The lowest BCUT2D eigenvalue weighted by molar-refractivity contribution is -0.115. The first-order valence-corrected chi connectivity index (χ1v) is 8.74. The third-order valence-corrected chi connectivity index (χ3v) is 4.97. The number of nitrogens with zero attached hydrogens (tertiary/aromatic N) is 1. The van der Waals surface area contributed by atoms with E-state index in [1.165, 1.54) is 5.56 Å². The molecule has 1 aliphatic heterocycles. The molecule has 0 aromatic heterocycles. The van der Waals surface area contributed by atoms with Crippen molar-refractivity contribution in [1.29, 1.82) is 0 Å². The van der Waals surface area contributed by atoms with Crippen LogP contribution in [0.15, 0.2) is 36.4 Å². The van der Waals surface area contributed by atoms with Crippen molar-refractivity contribution in [3.63, 3.8) is 0 Å². The van der Waals surface area contributed by atoms with E-state index in [0.29, 0.717) is 23.3 Å². The monoisotopic (exact) mass is 342 g/mol. The van der Waals surface area contributed by atoms with Gasteiger partial charge in [0.05, 0.1) is 17.3 Å². The zero-order chi connectivity index (χ0) is 17.3. The standard InChI is InChI=1S/C20H23ClN2O/c1-13-10-14(2)20(17(21)11-13)22-19(24)12-23-15(3)8-9-16-6-4-5-7-18(16)23/h4-7,10-11,15H,8-9,12H2,1-3H3,(H,22,24)/t15-/m1/s1. The molecule has 0 saturated heterocycles. The van der Waals surface area contributed by atoms with Crippen molar-refractivity contribution < 1.29 is 4.79 Å². The molecule has 2 aromatic carbocycles. The molecule has 0 radical (unpaired) electrons. The van der Waals surface area contributed by atoms with Gasteiger partial charge in [0.15, 0.2) is 0 Å². The number of hydrogen-bond acceptors (Lipinski definition) is 2. The van der Waals surface area contributed by atoms with Crippen LogP contribution >= 0.6 is 11.6 Å². The van der Waals surface area contributed by atoms with Crippen molar-refractivity contribution in [2.45, 2.75) is 39.7 Å². The van der Waals surface area contributed by atoms with Gasteiger partial charge in [-0.25, -0.2) is 0 Å². The summed E-state index contributed by atoms with van der Waals surface area (Å²) in [5.41, 5.74) is 5.27. The smallest absolute Gasteiger partial charge is 0.243 e. The van der Waals surface area contributed by atoms with Gasteiger partial charge in [-0.15, -0.1) is 0 Å². The van der Waals surface area contributed by atoms with Crippen LogP contribution in [0.25, 0.3) is 0 Å². The van der Waals surface area contributed by atoms with E-state index >= 15 is 0 Å². The van der Waals surface area contributed by atoms with Crippen LogP contribution in [-0.2, 0) is 11.2 Å². The highest BCUT2D eigenvalue weighted by Gasteiger charge is 2.24. The van der Waals surface area contributed by atoms with Gasteiger partial charge < -0.3 is 10.2 Å². The third kappa shape index (κ3) is 3.41. The second-order valence-electron chi connectivity index (χ2n) is 6.63. The number of benzene rings is 2. The first kappa shape index (κ1) is 16.8. The lowest BCUT2D eigenvalue weighted by atomic mass is 9.96. The Morgan fingerprint density at radius 1 is 1.29 bits per heavy atom. The van der Waals surface area contributed by atoms with E-state index < -0.39 is 0 Å². The van der Waals surface area contributed by atoms with Crippen LogP contribution in [0, 0.1) is 13.8 Å². The first-order valence-electron chi connectivity index (χ1n) is 8.37. The Labute approximate surface area is 148 Å². The average Bonchev–Trinajstić information content (AvgIpc) is 2.53. The number of anilines is 2. The number of aryl methyl sites for hydroxylation is 3. The summed E-state index contributed by atoms with van der Waals surface area (Å²) in [5, 5.41) is 3.58. The van der Waals surface area contributed by atoms with Gasteiger partial charge in [0.2, 0.25) is 5.91 Å². The molecule has 1 atom stereocenters. The maximum atomic E-state index is 12.6. The van der Waals surface area contributed by atoms with Gasteiger partial charge in [0.1, 0.15) is 0 Å². The Balaban J connectivity index is 1.78. The predicted molar refractivity (Wildman–Crippen MR) is 101 cm³/mol. The molecule has 1 amide bonds. The van der Waals surface area contributed by atoms with E-state index in [1.807, 2.05) is 32.0 Å². The largest absolute Gasteiger partial charge is 0.359 e. The highest BCUT2D eigenvalue weighted by Crippen LogP contribution is 2.31. The molecule has 0 bridgehead atoms. The summed E-state index contributed by atoms with van der Waals surface area (Å²) in [5.74, 6) is -0.0348. The topological polar surface area (TPSA) is 32.3 Å². The van der Waals surface area contributed by atoms with E-state index in [0.717, 1.165) is 29.7 Å². The normalized spacial score (nSPS) is 16.7. The molecule has 1 aliphatic rings. The van der Waals surface area contributed by atoms with Gasteiger partial charge in [-0.2, -0.15) is 0 Å². The van der Waals surface area contributed by atoms with Crippen LogP contribution in [0.4, 0.5) is 11.4 Å². The van der Waals surface area contributed by atoms with Crippen LogP contribution in [0.2, 0.25) is 5.02 Å². The van der Waals surface area contributed by atoms with Gasteiger partial charge in [-0.05, 0) is 62.4 Å². The number of amides is 1. The lowest BCUT2D eigenvalue weighted by Crippen LogP contribution is -2.42. The molecule has 3 nitrogen and oxygen atoms in total. The number of fused-ring (bicyclic) bond motifs is 1. The minimum atomic E-state index is -0.0348. The lowest BCUT2D eigenvalue weighted by Gasteiger charge is -2.36. The number of carbonyl (C=O) groups excluding carboxylic acids is 1. The fraction of sp³-hybridized carbons (Fsp3) is 0.350. The summed E-state index contributed by atoms with van der Waals surface area (Å²) in [6.45, 7) is 6.47. The summed E-state index contributed by atoms with van der Waals surface area (Å²) in [4.78, 5) is 14.8. The van der Waals surface area contributed by atoms with E-state index in [9.17, 15) is 4.79 Å². The molecular formula is C20H23ClN2O. The fourth-order valence-corrected chi connectivity index (χ4v) is 3.78. The number of rotatable bonds is 3. The second kappa shape index (κ2) is 6.86. The maximum absolute atomic E-state index is 12.6. The molecular weight excluding hydrogens is 320 g/mol. The minimum absolute atomic E-state index is 0.0348. The zero-order valence-electron chi connectivity index (χ0n) is 14.4. The molecule has 0 fully saturated rings. The van der Waals surface area contributed by atoms with Crippen molar-refractivity contribution in [3.05, 3.63) is 58.1 Å². The van der Waals surface area contributed by atoms with E-state index in [1.54, 1.807) is 0 Å². The molecule has 1 N–H and O–H groups in total. The molecule has 24 heavy (non-hydrogen) atoms. The predicted octanol–water partition coefficient (Wildman–Crippen LogP) is 4.74. The van der Waals surface area contributed by atoms with E-state index in [2.05, 4.69) is 35.3 Å². The van der Waals surface area contributed by atoms with Crippen molar-refractivity contribution in [2.75, 3.05) is 16.8 Å². The fourth-order valence-electron chi connectivity index (χ4n) is 3.41. The molecule has 1 heterocycles. The molecule has 4 heteroatoms. The van der Waals surface area contributed by atoms with Crippen molar-refractivity contribution in [1.82, 2.24) is 0 Å². The summed E-state index contributed by atoms with van der Waals surface area (Å²) in [6, 6.07) is 12.6. The number of para-hydroxylation sites is 1. The highest BCUT2D eigenvalue weighted by molar-refractivity contribution is 6.34. The quantitative estimate of drug-likeness (QED) is 0.874. The van der Waals surface area contributed by atoms with Gasteiger partial charge >= 0.3 is 0 Å². The highest BCUT2D eigenvalue weighted by atomic mass is 35.5. The van der Waals surface area contributed by atoms with Crippen molar-refractivity contribution >= 4 is 28.9 Å². The van der Waals surface area contributed by atoms with E-state index in [4.69, 9.17) is 11.6 Å². The SMILES string of the molecule is Cc1cc(C)c(NC(=O)CN2c3ccccc3CC[C@H]2C)c(Cl)c1. The summed E-state index contributed by atoms with van der Waals surface area (Å²) >= 11 is 6.30. The van der Waals surface area contributed by atoms with Crippen molar-refractivity contribution in [3.8, 4) is 0 Å². The Bertz CT molecular complexity index is 749. The second-order valence-corrected chi connectivity index (χ2v) is 7.04. The summed E-state index contributed by atoms with van der Waals surface area (Å²) < 4.78 is 0. The number of nitrogens with one attached hydrogen (secondary N) is 1. The Morgan fingerprint density at radius 2 is 2.04 bits per heavy atom. The van der Waals surface area contributed by atoms with Crippen LogP contribution < -0.4 is 10.2 Å². The molecule has 0 spiro atoms. The van der Waals surface area contributed by atoms with Crippen LogP contribution in [0.1, 0.15) is 30.0 Å². The molecule has 2 aromatic rings. The number of hydrogen-bond donors (Lipinski definition) is 1. The van der Waals surface area contributed by atoms with Crippen LogP contribution in [0.5, 0.6) is 0 Å². The Kier molecular flexibility index (Phi) is 4.81. The molecule has 0 saturated carbocycles. The van der Waals surface area contributed by atoms with Gasteiger partial charge in [0.25, 0.3) is 0 Å².